The second-order valence-corrected chi connectivity index (χ2v) is 7.37. The van der Waals surface area contributed by atoms with Crippen LogP contribution in [0.15, 0.2) is 58.7 Å². The number of nitrogens with two attached hydrogens (primary N) is 1. The van der Waals surface area contributed by atoms with Crippen molar-refractivity contribution >= 4 is 22.9 Å². The first-order chi connectivity index (χ1) is 13.0. The van der Waals surface area contributed by atoms with Gasteiger partial charge in [0.25, 0.3) is 5.56 Å². The van der Waals surface area contributed by atoms with Crippen molar-refractivity contribution in [1.82, 2.24) is 15.1 Å². The van der Waals surface area contributed by atoms with Gasteiger partial charge in [0.2, 0.25) is 5.91 Å². The van der Waals surface area contributed by atoms with Crippen LogP contribution in [0.5, 0.6) is 0 Å². The first kappa shape index (κ1) is 18.8. The van der Waals surface area contributed by atoms with Gasteiger partial charge in [0.1, 0.15) is 17.9 Å². The highest BCUT2D eigenvalue weighted by molar-refractivity contribution is 7.13. The van der Waals surface area contributed by atoms with Gasteiger partial charge in [0.05, 0.1) is 4.88 Å². The minimum Gasteiger partial charge on any atom is -0.394 e. The van der Waals surface area contributed by atoms with Crippen LogP contribution in [-0.2, 0) is 17.8 Å². The summed E-state index contributed by atoms with van der Waals surface area (Å²) in [6.45, 7) is 1.80. The average Bonchev–Trinajstić information content (AvgIpc) is 3.19. The molecule has 0 aliphatic rings. The van der Waals surface area contributed by atoms with Gasteiger partial charge in [-0.05, 0) is 42.8 Å². The Bertz CT molecular complexity index is 952. The number of aryl methyl sites for hydroxylation is 1. The highest BCUT2D eigenvalue weighted by atomic mass is 32.1. The van der Waals surface area contributed by atoms with Crippen LogP contribution in [0.25, 0.3) is 10.6 Å². The number of carbonyl (C=O) groups is 1. The van der Waals surface area contributed by atoms with Gasteiger partial charge in [-0.1, -0.05) is 36.4 Å². The van der Waals surface area contributed by atoms with Gasteiger partial charge >= 0.3 is 0 Å². The predicted molar refractivity (Wildman–Crippen MR) is 109 cm³/mol. The molecule has 140 valence electrons. The van der Waals surface area contributed by atoms with Gasteiger partial charge < -0.3 is 11.1 Å². The molecular weight excluding hydrogens is 360 g/mol. The van der Waals surface area contributed by atoms with Gasteiger partial charge in [-0.2, -0.15) is 5.10 Å². The van der Waals surface area contributed by atoms with Gasteiger partial charge in [0, 0.05) is 6.04 Å². The molecule has 0 radical (unpaired) electrons. The molecule has 3 rings (SSSR count). The lowest BCUT2D eigenvalue weighted by Crippen LogP contribution is -2.38. The van der Waals surface area contributed by atoms with Crippen LogP contribution in [0, 0.1) is 0 Å². The van der Waals surface area contributed by atoms with Crippen LogP contribution in [0.2, 0.25) is 0 Å². The molecular formula is C20H22N4O2S. The smallest absolute Gasteiger partial charge is 0.290 e. The molecule has 0 unspecified atom stereocenters. The molecule has 0 spiro atoms. The molecule has 0 bridgehead atoms. The van der Waals surface area contributed by atoms with Crippen molar-refractivity contribution in [3.8, 4) is 10.6 Å². The highest BCUT2D eigenvalue weighted by Gasteiger charge is 2.13. The number of benzene rings is 1. The first-order valence-corrected chi connectivity index (χ1v) is 9.65. The van der Waals surface area contributed by atoms with Gasteiger partial charge in [-0.25, -0.2) is 4.68 Å². The lowest BCUT2D eigenvalue weighted by molar-refractivity contribution is -0.122. The number of rotatable bonds is 7. The summed E-state index contributed by atoms with van der Waals surface area (Å²) >= 11 is 1.50. The SMILES string of the molecule is C[C@H](CCc1ccccc1)NC(=O)Cn1nc(-c2cccs2)cc(N)c1=O. The van der Waals surface area contributed by atoms with E-state index in [9.17, 15) is 9.59 Å². The van der Waals surface area contributed by atoms with E-state index in [4.69, 9.17) is 5.73 Å². The summed E-state index contributed by atoms with van der Waals surface area (Å²) in [7, 11) is 0. The summed E-state index contributed by atoms with van der Waals surface area (Å²) in [5, 5.41) is 9.13. The molecule has 1 atom stereocenters. The van der Waals surface area contributed by atoms with Gasteiger partial charge in [0.15, 0.2) is 0 Å². The van der Waals surface area contributed by atoms with E-state index in [2.05, 4.69) is 22.5 Å². The average molecular weight is 382 g/mol. The Hall–Kier alpha value is -2.93. The van der Waals surface area contributed by atoms with E-state index >= 15 is 0 Å². The minimum absolute atomic E-state index is 0.00812. The fourth-order valence-corrected chi connectivity index (χ4v) is 3.45. The molecule has 6 nitrogen and oxygen atoms in total. The van der Waals surface area contributed by atoms with Crippen molar-refractivity contribution < 1.29 is 4.79 Å². The van der Waals surface area contributed by atoms with Gasteiger partial charge in [-0.15, -0.1) is 11.3 Å². The molecule has 1 aromatic carbocycles. The lowest BCUT2D eigenvalue weighted by atomic mass is 10.1. The number of anilines is 1. The molecule has 0 fully saturated rings. The number of nitrogen functional groups attached to an aromatic ring is 1. The van der Waals surface area contributed by atoms with E-state index in [1.54, 1.807) is 6.07 Å². The van der Waals surface area contributed by atoms with Crippen LogP contribution >= 0.6 is 11.3 Å². The first-order valence-electron chi connectivity index (χ1n) is 8.77. The zero-order valence-corrected chi connectivity index (χ0v) is 15.9. The molecule has 0 saturated heterocycles. The summed E-state index contributed by atoms with van der Waals surface area (Å²) in [4.78, 5) is 25.5. The third kappa shape index (κ3) is 5.04. The maximum atomic E-state index is 12.3. The standard InChI is InChI=1S/C20H22N4O2S/c1-14(9-10-15-6-3-2-4-7-15)22-19(25)13-24-20(26)16(21)12-17(23-24)18-8-5-11-27-18/h2-8,11-12,14H,9-10,13,21H2,1H3,(H,22,25)/t14-/m1/s1. The van der Waals surface area contributed by atoms with Crippen LogP contribution in [-0.4, -0.2) is 21.7 Å². The van der Waals surface area contributed by atoms with Crippen molar-refractivity contribution in [3.63, 3.8) is 0 Å². The van der Waals surface area contributed by atoms with Gasteiger partial charge in [-0.3, -0.25) is 9.59 Å². The summed E-state index contributed by atoms with van der Waals surface area (Å²) in [6.07, 6.45) is 1.69. The van der Waals surface area contributed by atoms with E-state index in [0.717, 1.165) is 22.4 Å². The molecule has 2 aromatic heterocycles. The monoisotopic (exact) mass is 382 g/mol. The quantitative estimate of drug-likeness (QED) is 0.657. The third-order valence-electron chi connectivity index (χ3n) is 4.19. The van der Waals surface area contributed by atoms with Crippen LogP contribution in [0.3, 0.4) is 0 Å². The number of hydrogen-bond donors (Lipinski definition) is 2. The molecule has 7 heteroatoms. The molecule has 2 heterocycles. The normalized spacial score (nSPS) is 11.9. The highest BCUT2D eigenvalue weighted by Crippen LogP contribution is 2.22. The fraction of sp³-hybridized carbons (Fsp3) is 0.250. The van der Waals surface area contributed by atoms with Crippen LogP contribution in [0.1, 0.15) is 18.9 Å². The third-order valence-corrected chi connectivity index (χ3v) is 5.08. The minimum atomic E-state index is -0.456. The second kappa shape index (κ2) is 8.64. The number of nitrogens with zero attached hydrogens (tertiary/aromatic N) is 2. The molecule has 3 aromatic rings. The van der Waals surface area contributed by atoms with Crippen molar-refractivity contribution in [2.75, 3.05) is 5.73 Å². The van der Waals surface area contributed by atoms with Crippen molar-refractivity contribution in [2.24, 2.45) is 0 Å². The lowest BCUT2D eigenvalue weighted by Gasteiger charge is -2.14. The Morgan fingerprint density at radius 3 is 2.74 bits per heavy atom. The Balaban J connectivity index is 1.62. The molecule has 0 aliphatic heterocycles. The number of aromatic nitrogens is 2. The summed E-state index contributed by atoms with van der Waals surface area (Å²) in [6, 6.07) is 15.4. The van der Waals surface area contributed by atoms with Crippen LogP contribution < -0.4 is 16.6 Å². The number of nitrogens with one attached hydrogen (secondary N) is 1. The Morgan fingerprint density at radius 2 is 2.04 bits per heavy atom. The zero-order chi connectivity index (χ0) is 19.2. The van der Waals surface area contributed by atoms with E-state index in [-0.39, 0.29) is 24.2 Å². The predicted octanol–water partition coefficient (Wildman–Crippen LogP) is 2.69. The number of carbonyl (C=O) groups excluding carboxylic acids is 1. The Kier molecular flexibility index (Phi) is 6.03. The second-order valence-electron chi connectivity index (χ2n) is 6.42. The number of hydrogen-bond acceptors (Lipinski definition) is 5. The summed E-state index contributed by atoms with van der Waals surface area (Å²) in [5.74, 6) is -0.257. The van der Waals surface area contributed by atoms with E-state index in [0.29, 0.717) is 5.69 Å². The maximum Gasteiger partial charge on any atom is 0.290 e. The zero-order valence-electron chi connectivity index (χ0n) is 15.1. The van der Waals surface area contributed by atoms with Crippen molar-refractivity contribution in [3.05, 3.63) is 69.8 Å². The van der Waals surface area contributed by atoms with Crippen molar-refractivity contribution in [2.45, 2.75) is 32.4 Å². The molecule has 0 saturated carbocycles. The molecule has 3 N–H and O–H groups in total. The van der Waals surface area contributed by atoms with E-state index in [1.807, 2.05) is 42.6 Å². The Labute approximate surface area is 161 Å². The largest absolute Gasteiger partial charge is 0.394 e. The van der Waals surface area contributed by atoms with E-state index in [1.165, 1.54) is 16.9 Å². The van der Waals surface area contributed by atoms with E-state index < -0.39 is 5.56 Å². The Morgan fingerprint density at radius 1 is 1.26 bits per heavy atom. The van der Waals surface area contributed by atoms with Crippen molar-refractivity contribution in [1.29, 1.82) is 0 Å². The summed E-state index contributed by atoms with van der Waals surface area (Å²) < 4.78 is 1.13. The topological polar surface area (TPSA) is 90.0 Å². The summed E-state index contributed by atoms with van der Waals surface area (Å²) in [5.41, 5.74) is 7.26. The fourth-order valence-electron chi connectivity index (χ4n) is 2.77. The molecule has 27 heavy (non-hydrogen) atoms. The molecule has 1 amide bonds. The molecule has 0 aliphatic carbocycles. The number of amides is 1. The number of thiophene rings is 1. The maximum absolute atomic E-state index is 12.3. The van der Waals surface area contributed by atoms with Crippen LogP contribution in [0.4, 0.5) is 5.69 Å².